The molecule has 1 aromatic rings. The molecular formula is C14H17NO3. The second-order valence-electron chi connectivity index (χ2n) is 4.99. The van der Waals surface area contributed by atoms with Crippen LogP contribution in [0.3, 0.4) is 0 Å². The molecule has 2 atom stereocenters. The molecule has 1 fully saturated rings. The van der Waals surface area contributed by atoms with Gasteiger partial charge in [0.25, 0.3) is 0 Å². The fourth-order valence-corrected chi connectivity index (χ4v) is 2.34. The fourth-order valence-electron chi connectivity index (χ4n) is 2.34. The van der Waals surface area contributed by atoms with Gasteiger partial charge < -0.3 is 10.4 Å². The summed E-state index contributed by atoms with van der Waals surface area (Å²) in [5.74, 6) is -2.23. The normalized spacial score (nSPS) is 23.2. The molecule has 0 spiro atoms. The van der Waals surface area contributed by atoms with Gasteiger partial charge in [0.1, 0.15) is 5.92 Å². The van der Waals surface area contributed by atoms with Crippen molar-refractivity contribution in [2.45, 2.75) is 25.7 Å². The Morgan fingerprint density at radius 1 is 1.33 bits per heavy atom. The summed E-state index contributed by atoms with van der Waals surface area (Å²) in [6.45, 7) is 4.61. The summed E-state index contributed by atoms with van der Waals surface area (Å²) < 4.78 is 0. The van der Waals surface area contributed by atoms with Crippen molar-refractivity contribution in [2.75, 3.05) is 6.54 Å². The van der Waals surface area contributed by atoms with Crippen molar-refractivity contribution in [3.8, 4) is 0 Å². The van der Waals surface area contributed by atoms with Crippen LogP contribution in [-0.4, -0.2) is 23.5 Å². The zero-order valence-electron chi connectivity index (χ0n) is 10.5. The molecule has 0 bridgehead atoms. The maximum atomic E-state index is 11.5. The Labute approximate surface area is 106 Å². The molecule has 18 heavy (non-hydrogen) atoms. The topological polar surface area (TPSA) is 66.4 Å². The minimum atomic E-state index is -1.05. The van der Waals surface area contributed by atoms with E-state index < -0.39 is 11.9 Å². The van der Waals surface area contributed by atoms with Crippen LogP contribution in [0.5, 0.6) is 0 Å². The lowest BCUT2D eigenvalue weighted by atomic mass is 9.87. The van der Waals surface area contributed by atoms with Crippen LogP contribution in [-0.2, 0) is 9.59 Å². The van der Waals surface area contributed by atoms with Crippen LogP contribution in [0.1, 0.15) is 36.8 Å². The van der Waals surface area contributed by atoms with Crippen LogP contribution in [0.15, 0.2) is 24.3 Å². The van der Waals surface area contributed by atoms with Gasteiger partial charge in [-0.15, -0.1) is 0 Å². The van der Waals surface area contributed by atoms with Crippen molar-refractivity contribution in [2.24, 2.45) is 5.92 Å². The number of carbonyl (C=O) groups excluding carboxylic acids is 1. The van der Waals surface area contributed by atoms with Crippen molar-refractivity contribution in [3.05, 3.63) is 35.4 Å². The molecule has 2 rings (SSSR count). The second-order valence-corrected chi connectivity index (χ2v) is 4.99. The third kappa shape index (κ3) is 2.23. The maximum absolute atomic E-state index is 11.5. The average Bonchev–Trinajstić information content (AvgIpc) is 2.71. The second kappa shape index (κ2) is 4.80. The van der Waals surface area contributed by atoms with E-state index in [1.807, 2.05) is 24.3 Å². The number of hydrogen-bond donors (Lipinski definition) is 2. The summed E-state index contributed by atoms with van der Waals surface area (Å²) in [4.78, 5) is 22.6. The molecule has 1 aliphatic rings. The highest BCUT2D eigenvalue weighted by molar-refractivity contribution is 5.99. The Kier molecular flexibility index (Phi) is 3.36. The molecule has 1 amide bonds. The van der Waals surface area contributed by atoms with E-state index in [1.54, 1.807) is 0 Å². The first-order chi connectivity index (χ1) is 8.50. The molecule has 1 aromatic carbocycles. The zero-order valence-corrected chi connectivity index (χ0v) is 10.5. The first kappa shape index (κ1) is 12.6. The quantitative estimate of drug-likeness (QED) is 0.799. The van der Waals surface area contributed by atoms with Crippen molar-refractivity contribution in [1.29, 1.82) is 0 Å². The molecule has 4 heteroatoms. The summed E-state index contributed by atoms with van der Waals surface area (Å²) in [6, 6.07) is 7.86. The number of carboxylic acid groups (broad SMARTS) is 1. The van der Waals surface area contributed by atoms with Gasteiger partial charge in [0.15, 0.2) is 0 Å². The standard InChI is InChI=1S/C14H17NO3/c1-8(2)9-3-5-10(6-4-9)11-7-15-13(16)12(11)14(17)18/h3-6,8,11-12H,7H2,1-2H3,(H,15,16)(H,17,18)/t11-,12+/m0/s1. The predicted molar refractivity (Wildman–Crippen MR) is 67.4 cm³/mol. The molecule has 1 aliphatic heterocycles. The largest absolute Gasteiger partial charge is 0.481 e. The number of benzene rings is 1. The smallest absolute Gasteiger partial charge is 0.316 e. The highest BCUT2D eigenvalue weighted by Gasteiger charge is 2.40. The van der Waals surface area contributed by atoms with Gasteiger partial charge in [-0.25, -0.2) is 0 Å². The van der Waals surface area contributed by atoms with E-state index in [0.717, 1.165) is 5.56 Å². The van der Waals surface area contributed by atoms with E-state index in [9.17, 15) is 9.59 Å². The molecule has 0 unspecified atom stereocenters. The molecule has 4 nitrogen and oxygen atoms in total. The molecular weight excluding hydrogens is 230 g/mol. The van der Waals surface area contributed by atoms with Crippen molar-refractivity contribution in [1.82, 2.24) is 5.32 Å². The van der Waals surface area contributed by atoms with Gasteiger partial charge in [0.05, 0.1) is 0 Å². The molecule has 1 saturated heterocycles. The van der Waals surface area contributed by atoms with Crippen molar-refractivity contribution >= 4 is 11.9 Å². The SMILES string of the molecule is CC(C)c1ccc([C@@H]2CNC(=O)[C@@H]2C(=O)O)cc1. The Balaban J connectivity index is 2.26. The molecule has 0 saturated carbocycles. The third-order valence-electron chi connectivity index (χ3n) is 3.48. The van der Waals surface area contributed by atoms with Crippen LogP contribution in [0.25, 0.3) is 0 Å². The number of carboxylic acids is 1. The van der Waals surface area contributed by atoms with Crippen molar-refractivity contribution < 1.29 is 14.7 Å². The number of nitrogens with one attached hydrogen (secondary N) is 1. The predicted octanol–water partition coefficient (Wildman–Crippen LogP) is 1.72. The van der Waals surface area contributed by atoms with Gasteiger partial charge in [-0.2, -0.15) is 0 Å². The summed E-state index contributed by atoms with van der Waals surface area (Å²) in [5, 5.41) is 11.7. The number of amides is 1. The van der Waals surface area contributed by atoms with E-state index in [2.05, 4.69) is 19.2 Å². The zero-order chi connectivity index (χ0) is 13.3. The summed E-state index contributed by atoms with van der Waals surface area (Å²) in [5.41, 5.74) is 2.12. The minimum Gasteiger partial charge on any atom is -0.481 e. The molecule has 2 N–H and O–H groups in total. The van der Waals surface area contributed by atoms with Crippen molar-refractivity contribution in [3.63, 3.8) is 0 Å². The summed E-state index contributed by atoms with van der Waals surface area (Å²) in [7, 11) is 0. The summed E-state index contributed by atoms with van der Waals surface area (Å²) >= 11 is 0. The van der Waals surface area contributed by atoms with Crippen LogP contribution >= 0.6 is 0 Å². The fraction of sp³-hybridized carbons (Fsp3) is 0.429. The van der Waals surface area contributed by atoms with Crippen LogP contribution in [0, 0.1) is 5.92 Å². The molecule has 0 aromatic heterocycles. The average molecular weight is 247 g/mol. The highest BCUT2D eigenvalue weighted by Crippen LogP contribution is 2.30. The number of hydrogen-bond acceptors (Lipinski definition) is 2. The molecule has 1 heterocycles. The summed E-state index contributed by atoms with van der Waals surface area (Å²) in [6.07, 6.45) is 0. The third-order valence-corrected chi connectivity index (χ3v) is 3.48. The van der Waals surface area contributed by atoms with Gasteiger partial charge in [0, 0.05) is 12.5 Å². The van der Waals surface area contributed by atoms with E-state index >= 15 is 0 Å². The van der Waals surface area contributed by atoms with Gasteiger partial charge in [-0.05, 0) is 17.0 Å². The minimum absolute atomic E-state index is 0.267. The first-order valence-electron chi connectivity index (χ1n) is 6.11. The van der Waals surface area contributed by atoms with E-state index in [-0.39, 0.29) is 11.8 Å². The Bertz CT molecular complexity index is 464. The van der Waals surface area contributed by atoms with E-state index in [4.69, 9.17) is 5.11 Å². The monoisotopic (exact) mass is 247 g/mol. The van der Waals surface area contributed by atoms with Gasteiger partial charge >= 0.3 is 5.97 Å². The molecule has 96 valence electrons. The highest BCUT2D eigenvalue weighted by atomic mass is 16.4. The first-order valence-corrected chi connectivity index (χ1v) is 6.11. The molecule has 0 radical (unpaired) electrons. The lowest BCUT2D eigenvalue weighted by Gasteiger charge is -2.14. The van der Waals surface area contributed by atoms with Crippen LogP contribution < -0.4 is 5.32 Å². The number of carbonyl (C=O) groups is 2. The number of rotatable bonds is 3. The van der Waals surface area contributed by atoms with E-state index in [0.29, 0.717) is 12.5 Å². The van der Waals surface area contributed by atoms with Gasteiger partial charge in [0.2, 0.25) is 5.91 Å². The Hall–Kier alpha value is -1.84. The van der Waals surface area contributed by atoms with Gasteiger partial charge in [-0.1, -0.05) is 38.1 Å². The molecule has 0 aliphatic carbocycles. The van der Waals surface area contributed by atoms with Crippen LogP contribution in [0.2, 0.25) is 0 Å². The van der Waals surface area contributed by atoms with E-state index in [1.165, 1.54) is 5.56 Å². The van der Waals surface area contributed by atoms with Crippen LogP contribution in [0.4, 0.5) is 0 Å². The Morgan fingerprint density at radius 3 is 2.44 bits per heavy atom. The lowest BCUT2D eigenvalue weighted by molar-refractivity contribution is -0.145. The maximum Gasteiger partial charge on any atom is 0.316 e. The lowest BCUT2D eigenvalue weighted by Crippen LogP contribution is -2.26. The Morgan fingerprint density at radius 2 is 1.94 bits per heavy atom. The number of aliphatic carboxylic acids is 1. The van der Waals surface area contributed by atoms with Gasteiger partial charge in [-0.3, -0.25) is 9.59 Å².